The molecule has 0 aromatic carbocycles. The molecule has 1 N–H and O–H groups in total. The molecule has 0 heterocycles. The van der Waals surface area contributed by atoms with Crippen molar-refractivity contribution >= 4 is 0 Å². The fraction of sp³-hybridized carbons (Fsp3) is 1.00. The highest BCUT2D eigenvalue weighted by Gasteiger charge is 2.23. The minimum Gasteiger partial charge on any atom is -0.312 e. The second kappa shape index (κ2) is 5.31. The third-order valence-corrected chi connectivity index (χ3v) is 3.47. The molecule has 0 aromatic heterocycles. The van der Waals surface area contributed by atoms with Crippen LogP contribution in [0.4, 0.5) is 0 Å². The van der Waals surface area contributed by atoms with Crippen molar-refractivity contribution in [3.05, 3.63) is 0 Å². The Hall–Kier alpha value is -0.0800. The highest BCUT2D eigenvalue weighted by atomic mass is 15.1. The molecule has 0 atom stereocenters. The molecule has 0 unspecified atom stereocenters. The minimum absolute atomic E-state index is 0.276. The molecule has 1 aliphatic rings. The van der Waals surface area contributed by atoms with Gasteiger partial charge in [-0.2, -0.15) is 0 Å². The van der Waals surface area contributed by atoms with Gasteiger partial charge in [-0.3, -0.25) is 0 Å². The molecule has 0 radical (unpaired) electrons. The van der Waals surface area contributed by atoms with Crippen LogP contribution in [-0.4, -0.2) is 37.1 Å². The summed E-state index contributed by atoms with van der Waals surface area (Å²) in [6.07, 6.45) is 5.55. The minimum atomic E-state index is 0.276. The molecule has 2 heteroatoms. The van der Waals surface area contributed by atoms with Crippen LogP contribution in [-0.2, 0) is 0 Å². The van der Waals surface area contributed by atoms with Gasteiger partial charge >= 0.3 is 0 Å². The molecule has 1 fully saturated rings. The SMILES string of the molecule is CN(C)C1CCC(CNC(C)(C)C)CC1. The van der Waals surface area contributed by atoms with Gasteiger partial charge in [-0.25, -0.2) is 0 Å². The van der Waals surface area contributed by atoms with Gasteiger partial charge in [0.05, 0.1) is 0 Å². The summed E-state index contributed by atoms with van der Waals surface area (Å²) in [7, 11) is 4.41. The maximum atomic E-state index is 3.62. The number of rotatable bonds is 3. The fourth-order valence-electron chi connectivity index (χ4n) is 2.32. The monoisotopic (exact) mass is 212 g/mol. The van der Waals surface area contributed by atoms with E-state index in [1.807, 2.05) is 0 Å². The highest BCUT2D eigenvalue weighted by Crippen LogP contribution is 2.26. The van der Waals surface area contributed by atoms with Crippen molar-refractivity contribution in [3.8, 4) is 0 Å². The lowest BCUT2D eigenvalue weighted by molar-refractivity contribution is 0.186. The van der Waals surface area contributed by atoms with E-state index in [1.54, 1.807) is 0 Å². The van der Waals surface area contributed by atoms with Crippen molar-refractivity contribution in [2.45, 2.75) is 58.0 Å². The molecule has 90 valence electrons. The number of nitrogens with one attached hydrogen (secondary N) is 1. The van der Waals surface area contributed by atoms with Gasteiger partial charge in [0, 0.05) is 11.6 Å². The summed E-state index contributed by atoms with van der Waals surface area (Å²) in [4.78, 5) is 2.38. The van der Waals surface area contributed by atoms with E-state index in [9.17, 15) is 0 Å². The van der Waals surface area contributed by atoms with Gasteiger partial charge in [-0.15, -0.1) is 0 Å². The lowest BCUT2D eigenvalue weighted by atomic mass is 9.85. The van der Waals surface area contributed by atoms with Crippen molar-refractivity contribution in [2.24, 2.45) is 5.92 Å². The van der Waals surface area contributed by atoms with E-state index in [0.29, 0.717) is 0 Å². The Morgan fingerprint density at radius 2 is 1.60 bits per heavy atom. The molecule has 2 nitrogen and oxygen atoms in total. The summed E-state index contributed by atoms with van der Waals surface area (Å²) in [5.41, 5.74) is 0.276. The largest absolute Gasteiger partial charge is 0.312 e. The van der Waals surface area contributed by atoms with Crippen LogP contribution in [0.2, 0.25) is 0 Å². The van der Waals surface area contributed by atoms with Gasteiger partial charge in [-0.05, 0) is 73.0 Å². The van der Waals surface area contributed by atoms with Crippen molar-refractivity contribution in [3.63, 3.8) is 0 Å². The second-order valence-corrected chi connectivity index (χ2v) is 6.27. The summed E-state index contributed by atoms with van der Waals surface area (Å²) in [6, 6.07) is 0.830. The van der Waals surface area contributed by atoms with Crippen LogP contribution in [0.25, 0.3) is 0 Å². The predicted molar refractivity (Wildman–Crippen MR) is 67.2 cm³/mol. The van der Waals surface area contributed by atoms with E-state index in [-0.39, 0.29) is 5.54 Å². The molecule has 15 heavy (non-hydrogen) atoms. The molecule has 0 amide bonds. The zero-order valence-corrected chi connectivity index (χ0v) is 11.1. The van der Waals surface area contributed by atoms with Gasteiger partial charge in [0.25, 0.3) is 0 Å². The Morgan fingerprint density at radius 3 is 2.00 bits per heavy atom. The summed E-state index contributed by atoms with van der Waals surface area (Å²) in [5.74, 6) is 0.903. The van der Waals surface area contributed by atoms with Gasteiger partial charge < -0.3 is 10.2 Å². The molecule has 0 spiro atoms. The first-order valence-corrected chi connectivity index (χ1v) is 6.30. The smallest absolute Gasteiger partial charge is 0.00966 e. The first kappa shape index (κ1) is 13.0. The van der Waals surface area contributed by atoms with Gasteiger partial charge in [0.2, 0.25) is 0 Å². The Bertz CT molecular complexity index is 173. The van der Waals surface area contributed by atoms with E-state index < -0.39 is 0 Å². The summed E-state index contributed by atoms with van der Waals surface area (Å²) in [5, 5.41) is 3.62. The second-order valence-electron chi connectivity index (χ2n) is 6.27. The van der Waals surface area contributed by atoms with Crippen LogP contribution in [0.15, 0.2) is 0 Å². The van der Waals surface area contributed by atoms with Crippen molar-refractivity contribution in [1.29, 1.82) is 0 Å². The maximum Gasteiger partial charge on any atom is 0.00966 e. The third kappa shape index (κ3) is 4.98. The highest BCUT2D eigenvalue weighted by molar-refractivity contribution is 4.80. The van der Waals surface area contributed by atoms with Gasteiger partial charge in [0.1, 0.15) is 0 Å². The maximum absolute atomic E-state index is 3.62. The molecular weight excluding hydrogens is 184 g/mol. The molecule has 1 rings (SSSR count). The molecule has 1 saturated carbocycles. The molecular formula is C13H28N2. The van der Waals surface area contributed by atoms with E-state index in [4.69, 9.17) is 0 Å². The summed E-state index contributed by atoms with van der Waals surface area (Å²) in [6.45, 7) is 7.94. The van der Waals surface area contributed by atoms with E-state index >= 15 is 0 Å². The summed E-state index contributed by atoms with van der Waals surface area (Å²) < 4.78 is 0. The normalized spacial score (nSPS) is 28.4. The van der Waals surface area contributed by atoms with Crippen LogP contribution in [0, 0.1) is 5.92 Å². The summed E-state index contributed by atoms with van der Waals surface area (Å²) >= 11 is 0. The van der Waals surface area contributed by atoms with Crippen molar-refractivity contribution in [2.75, 3.05) is 20.6 Å². The molecule has 0 bridgehead atoms. The number of hydrogen-bond acceptors (Lipinski definition) is 2. The van der Waals surface area contributed by atoms with Crippen molar-refractivity contribution < 1.29 is 0 Å². The lowest BCUT2D eigenvalue weighted by Crippen LogP contribution is -2.41. The first-order valence-electron chi connectivity index (χ1n) is 6.30. The average Bonchev–Trinajstić information content (AvgIpc) is 2.14. The zero-order chi connectivity index (χ0) is 11.5. The number of hydrogen-bond donors (Lipinski definition) is 1. The van der Waals surface area contributed by atoms with E-state index in [0.717, 1.165) is 12.0 Å². The predicted octanol–water partition coefficient (Wildman–Crippen LogP) is 2.49. The van der Waals surface area contributed by atoms with Crippen LogP contribution in [0.3, 0.4) is 0 Å². The molecule has 0 saturated heterocycles. The third-order valence-electron chi connectivity index (χ3n) is 3.47. The van der Waals surface area contributed by atoms with Gasteiger partial charge in [-0.1, -0.05) is 0 Å². The Balaban J connectivity index is 2.20. The van der Waals surface area contributed by atoms with Crippen molar-refractivity contribution in [1.82, 2.24) is 10.2 Å². The molecule has 1 aliphatic carbocycles. The lowest BCUT2D eigenvalue weighted by Gasteiger charge is -2.34. The van der Waals surface area contributed by atoms with E-state index in [2.05, 4.69) is 45.1 Å². The molecule has 0 aromatic rings. The average molecular weight is 212 g/mol. The Kier molecular flexibility index (Phi) is 4.60. The Morgan fingerprint density at radius 1 is 1.07 bits per heavy atom. The van der Waals surface area contributed by atoms with E-state index in [1.165, 1.54) is 32.2 Å². The van der Waals surface area contributed by atoms with Gasteiger partial charge in [0.15, 0.2) is 0 Å². The van der Waals surface area contributed by atoms with Crippen LogP contribution in [0.1, 0.15) is 46.5 Å². The Labute approximate surface area is 95.4 Å². The molecule has 0 aliphatic heterocycles. The topological polar surface area (TPSA) is 15.3 Å². The van der Waals surface area contributed by atoms with Crippen LogP contribution in [0.5, 0.6) is 0 Å². The standard InChI is InChI=1S/C13H28N2/c1-13(2,3)14-10-11-6-8-12(9-7-11)15(4)5/h11-12,14H,6-10H2,1-5H3. The number of nitrogens with zero attached hydrogens (tertiary/aromatic N) is 1. The quantitative estimate of drug-likeness (QED) is 0.773. The zero-order valence-electron chi connectivity index (χ0n) is 11.1. The fourth-order valence-corrected chi connectivity index (χ4v) is 2.32. The van der Waals surface area contributed by atoms with Crippen LogP contribution < -0.4 is 5.32 Å². The van der Waals surface area contributed by atoms with Crippen LogP contribution >= 0.6 is 0 Å². The first-order chi connectivity index (χ1) is 6.88.